The lowest BCUT2D eigenvalue weighted by atomic mass is 9.88. The van der Waals surface area contributed by atoms with Gasteiger partial charge in [-0.2, -0.15) is 0 Å². The normalized spacial score (nSPS) is 17.3. The zero-order chi connectivity index (χ0) is 12.1. The first-order chi connectivity index (χ1) is 6.90. The van der Waals surface area contributed by atoms with Gasteiger partial charge in [0.15, 0.2) is 5.60 Å². The molecule has 0 fully saturated rings. The van der Waals surface area contributed by atoms with Gasteiger partial charge in [0.1, 0.15) is 5.92 Å². The monoisotopic (exact) mass is 216 g/mol. The van der Waals surface area contributed by atoms with Crippen LogP contribution in [0.4, 0.5) is 0 Å². The summed E-state index contributed by atoms with van der Waals surface area (Å²) in [7, 11) is 0. The maximum atomic E-state index is 11.0. The fourth-order valence-electron chi connectivity index (χ4n) is 1.28. The average molecular weight is 216 g/mol. The molecule has 0 saturated heterocycles. The van der Waals surface area contributed by atoms with Crippen molar-refractivity contribution in [1.82, 2.24) is 0 Å². The van der Waals surface area contributed by atoms with Crippen molar-refractivity contribution in [2.24, 2.45) is 5.92 Å². The molecule has 0 aliphatic carbocycles. The highest BCUT2D eigenvalue weighted by atomic mass is 16.5. The minimum Gasteiger partial charge on any atom is -0.481 e. The summed E-state index contributed by atoms with van der Waals surface area (Å²) in [5, 5.41) is 17.9. The molecule has 0 aliphatic rings. The Balaban J connectivity index is 5.17. The van der Waals surface area contributed by atoms with Gasteiger partial charge < -0.3 is 14.9 Å². The van der Waals surface area contributed by atoms with Gasteiger partial charge in [-0.15, -0.1) is 0 Å². The number of ether oxygens (including phenoxy) is 1. The minimum atomic E-state index is -1.73. The van der Waals surface area contributed by atoms with Gasteiger partial charge in [-0.1, -0.05) is 12.2 Å². The van der Waals surface area contributed by atoms with Gasteiger partial charge in [0.25, 0.3) is 0 Å². The maximum Gasteiger partial charge on any atom is 0.336 e. The molecular weight excluding hydrogens is 200 g/mol. The van der Waals surface area contributed by atoms with Gasteiger partial charge in [-0.25, -0.2) is 4.79 Å². The molecule has 0 unspecified atom stereocenters. The molecule has 15 heavy (non-hydrogen) atoms. The highest BCUT2D eigenvalue weighted by Crippen LogP contribution is 2.24. The lowest BCUT2D eigenvalue weighted by molar-refractivity contribution is -0.176. The van der Waals surface area contributed by atoms with E-state index < -0.39 is 23.5 Å². The zero-order valence-corrected chi connectivity index (χ0v) is 9.06. The van der Waals surface area contributed by atoms with Gasteiger partial charge in [-0.05, 0) is 20.8 Å². The Kier molecular flexibility index (Phi) is 5.00. The predicted octanol–water partition coefficient (Wildman–Crippen LogP) is 1.14. The summed E-state index contributed by atoms with van der Waals surface area (Å²) in [6.45, 7) is 4.65. The van der Waals surface area contributed by atoms with E-state index in [1.54, 1.807) is 13.8 Å². The molecule has 0 heterocycles. The van der Waals surface area contributed by atoms with Crippen LogP contribution in [0.3, 0.4) is 0 Å². The Labute approximate surface area is 88.4 Å². The van der Waals surface area contributed by atoms with Crippen LogP contribution >= 0.6 is 0 Å². The zero-order valence-electron chi connectivity index (χ0n) is 9.06. The van der Waals surface area contributed by atoms with Crippen molar-refractivity contribution in [1.29, 1.82) is 0 Å². The molecule has 0 aromatic carbocycles. The highest BCUT2D eigenvalue weighted by molar-refractivity contribution is 5.86. The van der Waals surface area contributed by atoms with Crippen molar-refractivity contribution in [3.8, 4) is 0 Å². The van der Waals surface area contributed by atoms with Crippen molar-refractivity contribution in [3.63, 3.8) is 0 Å². The molecule has 2 N–H and O–H groups in total. The van der Waals surface area contributed by atoms with Crippen molar-refractivity contribution >= 4 is 11.9 Å². The van der Waals surface area contributed by atoms with Gasteiger partial charge in [0.05, 0.1) is 0 Å². The molecule has 0 bridgehead atoms. The van der Waals surface area contributed by atoms with Crippen LogP contribution in [0.1, 0.15) is 20.8 Å². The number of hydrogen-bond donors (Lipinski definition) is 2. The molecule has 5 nitrogen and oxygen atoms in total. The van der Waals surface area contributed by atoms with Gasteiger partial charge in [0, 0.05) is 6.61 Å². The van der Waals surface area contributed by atoms with Gasteiger partial charge in [-0.3, -0.25) is 4.79 Å². The van der Waals surface area contributed by atoms with E-state index in [4.69, 9.17) is 14.9 Å². The molecule has 0 radical (unpaired) electrons. The number of rotatable bonds is 6. The molecular formula is C10H16O5. The molecule has 0 amide bonds. The minimum absolute atomic E-state index is 0.143. The Morgan fingerprint density at radius 2 is 2.00 bits per heavy atom. The highest BCUT2D eigenvalue weighted by Gasteiger charge is 2.45. The smallest absolute Gasteiger partial charge is 0.336 e. The fraction of sp³-hybridized carbons (Fsp3) is 0.600. The standard InChI is InChI=1S/C10H16O5/c1-4-6-7(8(11)12)10(3,9(13)14)15-5-2/h4,6-7H,5H2,1-3H3,(H,11,12)(H,13,14)/t7-,10-/m0/s1. The van der Waals surface area contributed by atoms with Crippen LogP contribution in [-0.4, -0.2) is 34.4 Å². The van der Waals surface area contributed by atoms with Crippen LogP contribution in [0.25, 0.3) is 0 Å². The van der Waals surface area contributed by atoms with E-state index >= 15 is 0 Å². The van der Waals surface area contributed by atoms with Crippen LogP contribution < -0.4 is 0 Å². The summed E-state index contributed by atoms with van der Waals surface area (Å²) >= 11 is 0. The van der Waals surface area contributed by atoms with Gasteiger partial charge >= 0.3 is 11.9 Å². The third kappa shape index (κ3) is 3.06. The van der Waals surface area contributed by atoms with E-state index in [1.807, 2.05) is 0 Å². The molecule has 5 heteroatoms. The lowest BCUT2D eigenvalue weighted by Gasteiger charge is -2.28. The second kappa shape index (κ2) is 5.50. The van der Waals surface area contributed by atoms with Crippen LogP contribution in [0.15, 0.2) is 12.2 Å². The second-order valence-electron chi connectivity index (χ2n) is 3.19. The fourth-order valence-corrected chi connectivity index (χ4v) is 1.28. The number of carboxylic acids is 2. The van der Waals surface area contributed by atoms with Crippen LogP contribution in [0.5, 0.6) is 0 Å². The molecule has 2 atom stereocenters. The predicted molar refractivity (Wildman–Crippen MR) is 53.6 cm³/mol. The largest absolute Gasteiger partial charge is 0.481 e. The quantitative estimate of drug-likeness (QED) is 0.650. The molecule has 0 spiro atoms. The molecule has 86 valence electrons. The number of carbonyl (C=O) groups is 2. The van der Waals surface area contributed by atoms with Crippen molar-refractivity contribution in [2.45, 2.75) is 26.4 Å². The summed E-state index contributed by atoms with van der Waals surface area (Å²) < 4.78 is 5.04. The van der Waals surface area contributed by atoms with Crippen LogP contribution in [0, 0.1) is 5.92 Å². The summed E-state index contributed by atoms with van der Waals surface area (Å²) in [6, 6.07) is 0. The van der Waals surface area contributed by atoms with Gasteiger partial charge in [0.2, 0.25) is 0 Å². The molecule has 0 rings (SSSR count). The van der Waals surface area contributed by atoms with E-state index in [0.29, 0.717) is 0 Å². The first-order valence-corrected chi connectivity index (χ1v) is 4.63. The van der Waals surface area contributed by atoms with Crippen molar-refractivity contribution < 1.29 is 24.5 Å². The van der Waals surface area contributed by atoms with E-state index in [2.05, 4.69) is 0 Å². The first kappa shape index (κ1) is 13.6. The van der Waals surface area contributed by atoms with E-state index in [9.17, 15) is 9.59 Å². The topological polar surface area (TPSA) is 83.8 Å². The first-order valence-electron chi connectivity index (χ1n) is 4.63. The second-order valence-corrected chi connectivity index (χ2v) is 3.19. The SMILES string of the molecule is CC=C[C@@H](C(=O)O)[C@](C)(OCC)C(=O)O. The lowest BCUT2D eigenvalue weighted by Crippen LogP contribution is -2.48. The van der Waals surface area contributed by atoms with E-state index in [-0.39, 0.29) is 6.61 Å². The number of allylic oxidation sites excluding steroid dienone is 1. The Morgan fingerprint density at radius 3 is 2.27 bits per heavy atom. The summed E-state index contributed by atoms with van der Waals surface area (Å²) in [5.74, 6) is -3.69. The Hall–Kier alpha value is -1.36. The van der Waals surface area contributed by atoms with E-state index in [1.165, 1.54) is 19.1 Å². The Morgan fingerprint density at radius 1 is 1.47 bits per heavy atom. The average Bonchev–Trinajstić information content (AvgIpc) is 2.13. The number of carboxylic acid groups (broad SMARTS) is 2. The van der Waals surface area contributed by atoms with Crippen LogP contribution in [0.2, 0.25) is 0 Å². The number of hydrogen-bond acceptors (Lipinski definition) is 3. The van der Waals surface area contributed by atoms with Crippen molar-refractivity contribution in [3.05, 3.63) is 12.2 Å². The molecule has 0 aliphatic heterocycles. The summed E-state index contributed by atoms with van der Waals surface area (Å²) in [4.78, 5) is 21.9. The summed E-state index contributed by atoms with van der Waals surface area (Å²) in [6.07, 6.45) is 2.81. The molecule has 0 aromatic heterocycles. The third-order valence-electron chi connectivity index (χ3n) is 2.11. The molecule has 0 aromatic rings. The Bertz CT molecular complexity index is 271. The van der Waals surface area contributed by atoms with E-state index in [0.717, 1.165) is 0 Å². The molecule has 0 saturated carbocycles. The van der Waals surface area contributed by atoms with Crippen molar-refractivity contribution in [2.75, 3.05) is 6.61 Å². The maximum absolute atomic E-state index is 11.0. The third-order valence-corrected chi connectivity index (χ3v) is 2.11. The summed E-state index contributed by atoms with van der Waals surface area (Å²) in [5.41, 5.74) is -1.73. The van der Waals surface area contributed by atoms with Crippen LogP contribution in [-0.2, 0) is 14.3 Å². The number of aliphatic carboxylic acids is 2.